The van der Waals surface area contributed by atoms with Gasteiger partial charge in [-0.05, 0) is 29.7 Å². The third-order valence-corrected chi connectivity index (χ3v) is 2.80. The van der Waals surface area contributed by atoms with Crippen LogP contribution in [0.2, 0.25) is 0 Å². The van der Waals surface area contributed by atoms with Crippen molar-refractivity contribution >= 4 is 5.97 Å². The van der Waals surface area contributed by atoms with Gasteiger partial charge in [-0.25, -0.2) is 4.39 Å². The smallest absolute Gasteiger partial charge is 0.306 e. The minimum absolute atomic E-state index is 0.259. The lowest BCUT2D eigenvalue weighted by atomic mass is 9.96. The molecule has 0 radical (unpaired) electrons. The summed E-state index contributed by atoms with van der Waals surface area (Å²) in [5.41, 5.74) is 1.06. The van der Waals surface area contributed by atoms with Gasteiger partial charge >= 0.3 is 5.97 Å². The number of carboxylic acids is 1. The maximum atomic E-state index is 12.9. The molecule has 0 aliphatic rings. The van der Waals surface area contributed by atoms with Crippen molar-refractivity contribution in [3.05, 3.63) is 23.3 Å². The molecule has 4 nitrogen and oxygen atoms in total. The maximum Gasteiger partial charge on any atom is 0.306 e. The minimum Gasteiger partial charge on any atom is -0.493 e. The second kappa shape index (κ2) is 6.23. The number of carboxylic acid groups (broad SMARTS) is 1. The van der Waals surface area contributed by atoms with Crippen molar-refractivity contribution in [2.45, 2.75) is 20.0 Å². The molecule has 5 heteroatoms. The van der Waals surface area contributed by atoms with Crippen LogP contribution in [0.1, 0.15) is 18.1 Å². The van der Waals surface area contributed by atoms with E-state index in [2.05, 4.69) is 0 Å². The van der Waals surface area contributed by atoms with Crippen molar-refractivity contribution in [3.63, 3.8) is 0 Å². The van der Waals surface area contributed by atoms with E-state index in [1.54, 1.807) is 19.1 Å². The van der Waals surface area contributed by atoms with Gasteiger partial charge in [0, 0.05) is 0 Å². The van der Waals surface area contributed by atoms with Crippen molar-refractivity contribution in [3.8, 4) is 11.5 Å². The number of hydrogen-bond donors (Lipinski definition) is 1. The van der Waals surface area contributed by atoms with Crippen LogP contribution in [-0.4, -0.2) is 25.3 Å². The fraction of sp³-hybridized carbons (Fsp3) is 0.462. The molecule has 0 aromatic heterocycles. The quantitative estimate of drug-likeness (QED) is 0.849. The normalized spacial score (nSPS) is 12.0. The van der Waals surface area contributed by atoms with Crippen molar-refractivity contribution in [2.75, 3.05) is 14.2 Å². The van der Waals surface area contributed by atoms with Crippen molar-refractivity contribution < 1.29 is 23.8 Å². The lowest BCUT2D eigenvalue weighted by molar-refractivity contribution is -0.141. The van der Waals surface area contributed by atoms with E-state index in [0.29, 0.717) is 22.6 Å². The molecular formula is C13H17FO4. The molecule has 1 N–H and O–H groups in total. The first-order chi connectivity index (χ1) is 8.53. The Bertz CT molecular complexity index is 431. The van der Waals surface area contributed by atoms with Crippen LogP contribution in [0.4, 0.5) is 4.39 Å². The highest BCUT2D eigenvalue weighted by Gasteiger charge is 2.17. The average Bonchev–Trinajstić information content (AvgIpc) is 2.37. The predicted octanol–water partition coefficient (Wildman–Crippen LogP) is 2.44. The van der Waals surface area contributed by atoms with Gasteiger partial charge in [-0.15, -0.1) is 0 Å². The fourth-order valence-corrected chi connectivity index (χ4v) is 1.69. The molecule has 0 saturated heterocycles. The van der Waals surface area contributed by atoms with Crippen LogP contribution in [0, 0.1) is 5.92 Å². The number of ether oxygens (including phenoxy) is 2. The van der Waals surface area contributed by atoms with Crippen LogP contribution in [-0.2, 0) is 17.9 Å². The Morgan fingerprint density at radius 3 is 2.17 bits per heavy atom. The summed E-state index contributed by atoms with van der Waals surface area (Å²) < 4.78 is 23.1. The zero-order valence-corrected chi connectivity index (χ0v) is 10.7. The van der Waals surface area contributed by atoms with Crippen LogP contribution >= 0.6 is 0 Å². The molecule has 0 bridgehead atoms. The summed E-state index contributed by atoms with van der Waals surface area (Å²) in [6.07, 6.45) is 0.259. The first kappa shape index (κ1) is 14.3. The highest BCUT2D eigenvalue weighted by atomic mass is 19.1. The van der Waals surface area contributed by atoms with E-state index in [4.69, 9.17) is 14.6 Å². The van der Waals surface area contributed by atoms with E-state index in [1.165, 1.54) is 14.2 Å². The maximum absolute atomic E-state index is 12.9. The van der Waals surface area contributed by atoms with Gasteiger partial charge in [0.25, 0.3) is 0 Å². The van der Waals surface area contributed by atoms with Gasteiger partial charge in [0.15, 0.2) is 11.5 Å². The summed E-state index contributed by atoms with van der Waals surface area (Å²) in [4.78, 5) is 10.8. The Morgan fingerprint density at radius 2 is 1.78 bits per heavy atom. The summed E-state index contributed by atoms with van der Waals surface area (Å²) in [5, 5.41) is 8.88. The molecule has 1 aromatic rings. The van der Waals surface area contributed by atoms with Gasteiger partial charge in [-0.3, -0.25) is 4.79 Å². The first-order valence-corrected chi connectivity index (χ1v) is 5.56. The van der Waals surface area contributed by atoms with Gasteiger partial charge in [0.1, 0.15) is 6.67 Å². The van der Waals surface area contributed by atoms with E-state index >= 15 is 0 Å². The topological polar surface area (TPSA) is 55.8 Å². The number of aliphatic carboxylic acids is 1. The molecule has 1 rings (SSSR count). The van der Waals surface area contributed by atoms with Gasteiger partial charge in [-0.1, -0.05) is 6.92 Å². The summed E-state index contributed by atoms with van der Waals surface area (Å²) >= 11 is 0. The van der Waals surface area contributed by atoms with Crippen LogP contribution in [0.3, 0.4) is 0 Å². The molecule has 100 valence electrons. The van der Waals surface area contributed by atoms with Crippen LogP contribution in [0.5, 0.6) is 11.5 Å². The van der Waals surface area contributed by atoms with Gasteiger partial charge in [-0.2, -0.15) is 0 Å². The second-order valence-corrected chi connectivity index (χ2v) is 4.05. The van der Waals surface area contributed by atoms with E-state index in [0.717, 1.165) is 0 Å². The molecule has 0 aliphatic heterocycles. The summed E-state index contributed by atoms with van der Waals surface area (Å²) in [5.74, 6) is -0.567. The number of rotatable bonds is 6. The Balaban J connectivity index is 3.13. The highest BCUT2D eigenvalue weighted by Crippen LogP contribution is 2.32. The number of benzene rings is 1. The fourth-order valence-electron chi connectivity index (χ4n) is 1.69. The lowest BCUT2D eigenvalue weighted by Gasteiger charge is -2.14. The minimum atomic E-state index is -0.908. The highest BCUT2D eigenvalue weighted by molar-refractivity contribution is 5.70. The molecule has 0 amide bonds. The number of carbonyl (C=O) groups is 1. The largest absolute Gasteiger partial charge is 0.493 e. The van der Waals surface area contributed by atoms with E-state index in [-0.39, 0.29) is 6.42 Å². The van der Waals surface area contributed by atoms with Crippen LogP contribution in [0.25, 0.3) is 0 Å². The monoisotopic (exact) mass is 256 g/mol. The molecule has 0 spiro atoms. The molecule has 0 heterocycles. The third kappa shape index (κ3) is 3.12. The SMILES string of the molecule is COc1cc(CF)c(CC(C)C(=O)O)cc1OC. The Hall–Kier alpha value is -1.78. The number of methoxy groups -OCH3 is 2. The van der Waals surface area contributed by atoms with E-state index in [1.807, 2.05) is 0 Å². The summed E-state index contributed by atoms with van der Waals surface area (Å²) in [6.45, 7) is 0.920. The second-order valence-electron chi connectivity index (χ2n) is 4.05. The summed E-state index contributed by atoms with van der Waals surface area (Å²) in [7, 11) is 2.96. The first-order valence-electron chi connectivity index (χ1n) is 5.56. The molecule has 1 atom stereocenters. The molecule has 1 aromatic carbocycles. The molecule has 0 saturated carbocycles. The number of alkyl halides is 1. The van der Waals surface area contributed by atoms with Gasteiger partial charge in [0.05, 0.1) is 20.1 Å². The molecular weight excluding hydrogens is 239 g/mol. The average molecular weight is 256 g/mol. The Labute approximate surface area is 105 Å². The van der Waals surface area contributed by atoms with Crippen molar-refractivity contribution in [1.29, 1.82) is 0 Å². The zero-order valence-electron chi connectivity index (χ0n) is 10.7. The molecule has 0 fully saturated rings. The molecule has 1 unspecified atom stereocenters. The Morgan fingerprint density at radius 1 is 1.28 bits per heavy atom. The van der Waals surface area contributed by atoms with Gasteiger partial charge in [0.2, 0.25) is 0 Å². The lowest BCUT2D eigenvalue weighted by Crippen LogP contribution is -2.13. The summed E-state index contributed by atoms with van der Waals surface area (Å²) in [6, 6.07) is 3.18. The van der Waals surface area contributed by atoms with E-state index in [9.17, 15) is 9.18 Å². The van der Waals surface area contributed by atoms with Crippen LogP contribution in [0.15, 0.2) is 12.1 Å². The van der Waals surface area contributed by atoms with Crippen molar-refractivity contribution in [1.82, 2.24) is 0 Å². The standard InChI is InChI=1S/C13H17FO4/c1-8(13(15)16)4-9-5-11(17-2)12(18-3)6-10(9)7-14/h5-6,8H,4,7H2,1-3H3,(H,15,16). The number of hydrogen-bond acceptors (Lipinski definition) is 3. The molecule has 18 heavy (non-hydrogen) atoms. The van der Waals surface area contributed by atoms with Gasteiger partial charge < -0.3 is 14.6 Å². The van der Waals surface area contributed by atoms with Crippen LogP contribution < -0.4 is 9.47 Å². The third-order valence-electron chi connectivity index (χ3n) is 2.80. The Kier molecular flexibility index (Phi) is 4.95. The van der Waals surface area contributed by atoms with E-state index < -0.39 is 18.6 Å². The zero-order chi connectivity index (χ0) is 13.7. The predicted molar refractivity (Wildman–Crippen MR) is 64.9 cm³/mol. The number of halogens is 1. The van der Waals surface area contributed by atoms with Crippen molar-refractivity contribution in [2.24, 2.45) is 5.92 Å². The molecule has 0 aliphatic carbocycles.